The van der Waals surface area contributed by atoms with Gasteiger partial charge in [0.1, 0.15) is 5.69 Å². The summed E-state index contributed by atoms with van der Waals surface area (Å²) in [5, 5.41) is 11.9. The zero-order valence-electron chi connectivity index (χ0n) is 25.7. The van der Waals surface area contributed by atoms with Gasteiger partial charge in [0, 0.05) is 45.8 Å². The van der Waals surface area contributed by atoms with E-state index in [0.717, 1.165) is 47.7 Å². The van der Waals surface area contributed by atoms with Crippen LogP contribution in [0, 0.1) is 5.92 Å². The van der Waals surface area contributed by atoms with Gasteiger partial charge in [-0.1, -0.05) is 61.7 Å². The van der Waals surface area contributed by atoms with Crippen LogP contribution in [-0.2, 0) is 6.54 Å². The second-order valence-corrected chi connectivity index (χ2v) is 12.9. The van der Waals surface area contributed by atoms with Crippen molar-refractivity contribution in [1.82, 2.24) is 9.55 Å². The molecule has 7 nitrogen and oxygen atoms in total. The number of carbonyl (C=O) groups is 3. The maximum Gasteiger partial charge on any atom is 0.412 e. The number of halogens is 1. The van der Waals surface area contributed by atoms with Gasteiger partial charge in [-0.15, -0.1) is 0 Å². The van der Waals surface area contributed by atoms with Gasteiger partial charge in [-0.3, -0.25) is 14.5 Å². The number of para-hydroxylation sites is 1. The van der Waals surface area contributed by atoms with Crippen molar-refractivity contribution in [1.29, 1.82) is 0 Å². The summed E-state index contributed by atoms with van der Waals surface area (Å²) >= 11 is 6.09. The van der Waals surface area contributed by atoms with Crippen LogP contribution in [-0.4, -0.2) is 38.4 Å². The van der Waals surface area contributed by atoms with Crippen LogP contribution in [0.5, 0.6) is 0 Å². The Morgan fingerprint density at radius 3 is 2.47 bits per heavy atom. The number of ketones is 2. The fourth-order valence-corrected chi connectivity index (χ4v) is 6.87. The third-order valence-corrected chi connectivity index (χ3v) is 9.18. The summed E-state index contributed by atoms with van der Waals surface area (Å²) in [7, 11) is 0. The molecule has 1 saturated carbocycles. The molecule has 2 aromatic heterocycles. The first-order valence-corrected chi connectivity index (χ1v) is 15.9. The number of rotatable bonds is 8. The summed E-state index contributed by atoms with van der Waals surface area (Å²) in [4.78, 5) is 46.5. The number of amides is 1. The second-order valence-electron chi connectivity index (χ2n) is 12.5. The summed E-state index contributed by atoms with van der Waals surface area (Å²) in [6.45, 7) is 6.38. The normalized spacial score (nSPS) is 16.7. The van der Waals surface area contributed by atoms with Crippen LogP contribution < -0.4 is 4.90 Å². The summed E-state index contributed by atoms with van der Waals surface area (Å²) in [6.07, 6.45) is 4.69. The first-order chi connectivity index (χ1) is 21.6. The molecule has 0 saturated heterocycles. The number of nitrogens with zero attached hydrogens (tertiary/aromatic N) is 3. The molecule has 0 aliphatic heterocycles. The van der Waals surface area contributed by atoms with E-state index in [-0.39, 0.29) is 17.7 Å². The average Bonchev–Trinajstić information content (AvgIpc) is 3.38. The van der Waals surface area contributed by atoms with E-state index in [9.17, 15) is 19.5 Å². The Morgan fingerprint density at radius 2 is 1.76 bits per heavy atom. The number of Topliss-reactive ketones (excluding diaryl/α,β-unsaturated/α-hetero) is 2. The predicted molar refractivity (Wildman–Crippen MR) is 179 cm³/mol. The van der Waals surface area contributed by atoms with Crippen molar-refractivity contribution in [3.8, 4) is 0 Å². The van der Waals surface area contributed by atoms with Crippen LogP contribution in [0.3, 0.4) is 0 Å². The minimum atomic E-state index is -1.04. The molecule has 0 bridgehead atoms. The van der Waals surface area contributed by atoms with E-state index in [4.69, 9.17) is 16.6 Å². The summed E-state index contributed by atoms with van der Waals surface area (Å²) in [6, 6.07) is 22.1. The molecule has 5 aromatic rings. The molecule has 230 valence electrons. The molecule has 2 atom stereocenters. The van der Waals surface area contributed by atoms with E-state index >= 15 is 0 Å². The number of anilines is 1. The number of hydrogen-bond donors (Lipinski definition) is 1. The predicted octanol–water partition coefficient (Wildman–Crippen LogP) is 9.14. The topological polar surface area (TPSA) is 92.5 Å². The third-order valence-electron chi connectivity index (χ3n) is 8.93. The fraction of sp³-hybridized carbons (Fsp3) is 0.297. The molecular weight excluding hydrogens is 586 g/mol. The lowest BCUT2D eigenvalue weighted by molar-refractivity contribution is 0.0814. The van der Waals surface area contributed by atoms with Gasteiger partial charge in [0.2, 0.25) is 5.78 Å². The van der Waals surface area contributed by atoms with Crippen molar-refractivity contribution in [2.75, 3.05) is 4.90 Å². The first kappa shape index (κ1) is 30.5. The SMILES string of the molecule is CC1CCCC(c2cc3cc(N(C(=O)O)C(C)C)ccc3nc2C(=O)C(=O)c2cn(Cc3ccc(Cl)cc3)c3ccccc23)C1. The Hall–Kier alpha value is -4.49. The van der Waals surface area contributed by atoms with E-state index in [2.05, 4.69) is 6.92 Å². The summed E-state index contributed by atoms with van der Waals surface area (Å²) in [5.41, 5.74) is 4.26. The van der Waals surface area contributed by atoms with E-state index in [0.29, 0.717) is 39.6 Å². The van der Waals surface area contributed by atoms with Crippen LogP contribution >= 0.6 is 11.6 Å². The zero-order valence-corrected chi connectivity index (χ0v) is 26.4. The lowest BCUT2D eigenvalue weighted by Crippen LogP contribution is -2.35. The average molecular weight is 622 g/mol. The van der Waals surface area contributed by atoms with E-state index < -0.39 is 17.7 Å². The molecule has 1 fully saturated rings. The van der Waals surface area contributed by atoms with Gasteiger partial charge in [0.15, 0.2) is 0 Å². The van der Waals surface area contributed by atoms with Crippen LogP contribution in [0.4, 0.5) is 10.5 Å². The van der Waals surface area contributed by atoms with Crippen LogP contribution in [0.15, 0.2) is 79.0 Å². The Bertz CT molecular complexity index is 1930. The quantitative estimate of drug-likeness (QED) is 0.138. The van der Waals surface area contributed by atoms with Gasteiger partial charge in [0.05, 0.1) is 11.1 Å². The smallest absolute Gasteiger partial charge is 0.412 e. The van der Waals surface area contributed by atoms with Gasteiger partial charge < -0.3 is 9.67 Å². The molecule has 1 aliphatic carbocycles. The van der Waals surface area contributed by atoms with Crippen LogP contribution in [0.25, 0.3) is 21.8 Å². The highest BCUT2D eigenvalue weighted by atomic mass is 35.5. The van der Waals surface area contributed by atoms with Crippen molar-refractivity contribution in [3.63, 3.8) is 0 Å². The standard InChI is InChI=1S/C37H36ClN3O4/c1-22(2)41(37(44)45)28-15-16-32-26(18-28)19-30(25-8-6-7-23(3)17-25)34(39-32)36(43)35(42)31-21-40(33-10-5-4-9-29(31)33)20-24-11-13-27(38)14-12-24/h4-5,9-16,18-19,21-23,25H,6-8,17,20H2,1-3H3,(H,44,45). The Balaban J connectivity index is 1.43. The molecule has 6 rings (SSSR count). The van der Waals surface area contributed by atoms with Crippen LogP contribution in [0.1, 0.15) is 84.3 Å². The minimum Gasteiger partial charge on any atom is -0.465 e. The van der Waals surface area contributed by atoms with E-state index in [1.807, 2.05) is 79.1 Å². The molecule has 0 spiro atoms. The lowest BCUT2D eigenvalue weighted by atomic mass is 9.77. The largest absolute Gasteiger partial charge is 0.465 e. The maximum absolute atomic E-state index is 14.2. The Morgan fingerprint density at radius 1 is 1.00 bits per heavy atom. The molecule has 3 aromatic carbocycles. The van der Waals surface area contributed by atoms with E-state index in [1.165, 1.54) is 4.90 Å². The molecule has 2 unspecified atom stereocenters. The minimum absolute atomic E-state index is 0.0768. The van der Waals surface area contributed by atoms with Crippen molar-refractivity contribution in [2.24, 2.45) is 5.92 Å². The molecule has 45 heavy (non-hydrogen) atoms. The van der Waals surface area contributed by atoms with Crippen molar-refractivity contribution in [3.05, 3.63) is 106 Å². The number of aromatic nitrogens is 2. The number of carboxylic acid groups (broad SMARTS) is 1. The number of hydrogen-bond acceptors (Lipinski definition) is 4. The second kappa shape index (κ2) is 12.5. The highest BCUT2D eigenvalue weighted by Gasteiger charge is 2.31. The first-order valence-electron chi connectivity index (χ1n) is 15.5. The van der Waals surface area contributed by atoms with Gasteiger partial charge in [0.25, 0.3) is 5.78 Å². The highest BCUT2D eigenvalue weighted by molar-refractivity contribution is 6.50. The van der Waals surface area contributed by atoms with Crippen molar-refractivity contribution < 1.29 is 19.5 Å². The zero-order chi connectivity index (χ0) is 31.8. The van der Waals surface area contributed by atoms with E-state index in [1.54, 1.807) is 18.3 Å². The summed E-state index contributed by atoms with van der Waals surface area (Å²) in [5.74, 6) is -0.656. The maximum atomic E-state index is 14.2. The number of fused-ring (bicyclic) bond motifs is 2. The molecular formula is C37H36ClN3O4. The van der Waals surface area contributed by atoms with Gasteiger partial charge in [-0.2, -0.15) is 0 Å². The fourth-order valence-electron chi connectivity index (χ4n) is 6.74. The van der Waals surface area contributed by atoms with Gasteiger partial charge in [-0.05, 0) is 92.1 Å². The van der Waals surface area contributed by atoms with Gasteiger partial charge >= 0.3 is 6.09 Å². The monoisotopic (exact) mass is 621 g/mol. The summed E-state index contributed by atoms with van der Waals surface area (Å²) < 4.78 is 1.99. The van der Waals surface area contributed by atoms with Crippen LogP contribution in [0.2, 0.25) is 5.02 Å². The molecule has 1 amide bonds. The molecule has 2 heterocycles. The van der Waals surface area contributed by atoms with Crippen molar-refractivity contribution in [2.45, 2.75) is 65.0 Å². The lowest BCUT2D eigenvalue weighted by Gasteiger charge is -2.28. The van der Waals surface area contributed by atoms with Crippen molar-refractivity contribution >= 4 is 56.8 Å². The Kier molecular flexibility index (Phi) is 8.47. The molecule has 1 N–H and O–H groups in total. The number of carbonyl (C=O) groups excluding carboxylic acids is 2. The molecule has 8 heteroatoms. The number of pyridine rings is 1. The third kappa shape index (κ3) is 6.09. The van der Waals surface area contributed by atoms with Gasteiger partial charge in [-0.25, -0.2) is 9.78 Å². The Labute approximate surface area is 267 Å². The molecule has 1 aliphatic rings. The molecule has 0 radical (unpaired) electrons. The number of benzene rings is 3. The highest BCUT2D eigenvalue weighted by Crippen LogP contribution is 2.39.